The van der Waals surface area contributed by atoms with Gasteiger partial charge in [-0.1, -0.05) is 43.3 Å². The predicted molar refractivity (Wildman–Crippen MR) is 239 cm³/mol. The number of nitrogens with one attached hydrogen (secondary N) is 3. The summed E-state index contributed by atoms with van der Waals surface area (Å²) in [6.45, 7) is 16.9. The summed E-state index contributed by atoms with van der Waals surface area (Å²) >= 11 is 0. The zero-order chi connectivity index (χ0) is 43.5. The van der Waals surface area contributed by atoms with Crippen molar-refractivity contribution in [1.29, 1.82) is 0 Å². The highest BCUT2D eigenvalue weighted by Gasteiger charge is 2.46. The van der Waals surface area contributed by atoms with Gasteiger partial charge >= 0.3 is 6.09 Å². The molecule has 3 fully saturated rings. The van der Waals surface area contributed by atoms with Crippen LogP contribution in [-0.2, 0) is 42.1 Å². The monoisotopic (exact) mass is 841 g/mol. The van der Waals surface area contributed by atoms with Crippen LogP contribution in [0, 0.1) is 6.92 Å². The maximum Gasteiger partial charge on any atom is 0.410 e. The van der Waals surface area contributed by atoms with Crippen LogP contribution in [0.2, 0.25) is 0 Å². The van der Waals surface area contributed by atoms with E-state index < -0.39 is 5.60 Å². The Bertz CT molecular complexity index is 2450. The molecule has 0 unspecified atom stereocenters. The number of hydrogen-bond acceptors (Lipinski definition) is 10. The fourth-order valence-corrected chi connectivity index (χ4v) is 8.97. The van der Waals surface area contributed by atoms with Crippen molar-refractivity contribution in [2.45, 2.75) is 117 Å². The summed E-state index contributed by atoms with van der Waals surface area (Å²) in [4.78, 5) is 53.7. The zero-order valence-corrected chi connectivity index (χ0v) is 36.8. The van der Waals surface area contributed by atoms with E-state index in [2.05, 4.69) is 81.2 Å². The molecule has 3 amide bonds. The molecular weight excluding hydrogens is 783 g/mol. The Morgan fingerprint density at radius 3 is 2.31 bits per heavy atom. The van der Waals surface area contributed by atoms with Gasteiger partial charge in [0, 0.05) is 81.9 Å². The highest BCUT2D eigenvalue weighted by molar-refractivity contribution is 5.97. The lowest BCUT2D eigenvalue weighted by Crippen LogP contribution is -2.49. The number of hydrogen-bond donors (Lipinski definition) is 3. The molecule has 2 atom stereocenters. The van der Waals surface area contributed by atoms with Crippen LogP contribution in [0.15, 0.2) is 66.9 Å². The smallest absolute Gasteiger partial charge is 0.410 e. The van der Waals surface area contributed by atoms with Crippen molar-refractivity contribution in [3.8, 4) is 11.1 Å². The van der Waals surface area contributed by atoms with Crippen molar-refractivity contribution >= 4 is 34.6 Å². The largest absolute Gasteiger partial charge is 0.444 e. The number of aromatic nitrogens is 4. The molecule has 14 nitrogen and oxygen atoms in total. The summed E-state index contributed by atoms with van der Waals surface area (Å²) in [5, 5.41) is 15.3. The van der Waals surface area contributed by atoms with Crippen LogP contribution in [0.3, 0.4) is 0 Å². The number of amides is 3. The van der Waals surface area contributed by atoms with Crippen LogP contribution in [0.1, 0.15) is 103 Å². The summed E-state index contributed by atoms with van der Waals surface area (Å²) in [6, 6.07) is 20.5. The van der Waals surface area contributed by atoms with E-state index in [0.717, 1.165) is 82.6 Å². The van der Waals surface area contributed by atoms with Crippen molar-refractivity contribution in [1.82, 2.24) is 40.2 Å². The Labute approximate surface area is 363 Å². The minimum atomic E-state index is -0.506. The van der Waals surface area contributed by atoms with Crippen LogP contribution in [0.4, 0.5) is 10.5 Å². The molecule has 3 saturated heterocycles. The number of benzene rings is 2. The number of piperazine rings is 1. The molecule has 3 N–H and O–H groups in total. The molecule has 62 heavy (non-hydrogen) atoms. The number of likely N-dealkylation sites (tertiary alicyclic amines) is 2. The lowest BCUT2D eigenvalue weighted by Gasteiger charge is -2.35. The number of nitrogens with zero attached hydrogens (tertiary/aromatic N) is 6. The first-order chi connectivity index (χ1) is 29.9. The molecule has 3 aliphatic rings. The third kappa shape index (κ3) is 9.46. The topological polar surface area (TPSA) is 156 Å². The van der Waals surface area contributed by atoms with Gasteiger partial charge in [-0.05, 0) is 112 Å². The van der Waals surface area contributed by atoms with Crippen LogP contribution < -0.4 is 16.0 Å². The van der Waals surface area contributed by atoms with Crippen molar-refractivity contribution in [3.05, 3.63) is 106 Å². The average molecular weight is 842 g/mol. The number of aryl methyl sites for hydroxylation is 3. The van der Waals surface area contributed by atoms with Gasteiger partial charge in [0.1, 0.15) is 17.0 Å². The van der Waals surface area contributed by atoms with Gasteiger partial charge in [-0.25, -0.2) is 19.4 Å². The zero-order valence-electron chi connectivity index (χ0n) is 36.8. The SMILES string of the molecule is CCc1nc2c(cnn2CC)c(NC2CCOCC2)c1CNC(=O)c1cccc(C(=O)NCc2ccc(C)c(-c3cccc(CN4C[C@@H]5C[C@H]4CN5C(=O)OC(C)(C)C)c3)c2)n1. The van der Waals surface area contributed by atoms with Crippen LogP contribution >= 0.6 is 0 Å². The van der Waals surface area contributed by atoms with Crippen molar-refractivity contribution in [2.24, 2.45) is 0 Å². The average Bonchev–Trinajstić information content (AvgIpc) is 4.00. The molecule has 14 heteroatoms. The normalized spacial score (nSPS) is 18.0. The quantitative estimate of drug-likeness (QED) is 0.113. The van der Waals surface area contributed by atoms with Crippen LogP contribution in [0.25, 0.3) is 22.2 Å². The molecule has 0 saturated carbocycles. The molecule has 2 bridgehead atoms. The van der Waals surface area contributed by atoms with E-state index in [1.165, 1.54) is 5.56 Å². The van der Waals surface area contributed by atoms with Crippen molar-refractivity contribution < 1.29 is 23.9 Å². The number of rotatable bonds is 13. The second-order valence-electron chi connectivity index (χ2n) is 17.7. The van der Waals surface area contributed by atoms with Gasteiger partial charge in [0.15, 0.2) is 5.65 Å². The van der Waals surface area contributed by atoms with E-state index in [1.807, 2.05) is 49.5 Å². The predicted octanol–water partition coefficient (Wildman–Crippen LogP) is 7.03. The summed E-state index contributed by atoms with van der Waals surface area (Å²) in [5.74, 6) is -0.749. The van der Waals surface area contributed by atoms with Crippen molar-refractivity contribution in [2.75, 3.05) is 31.6 Å². The summed E-state index contributed by atoms with van der Waals surface area (Å²) in [5.41, 5.74) is 8.88. The number of fused-ring (bicyclic) bond motifs is 3. The molecule has 2 aromatic carbocycles. The molecule has 0 radical (unpaired) electrons. The Balaban J connectivity index is 0.899. The van der Waals surface area contributed by atoms with Crippen LogP contribution in [0.5, 0.6) is 0 Å². The van der Waals surface area contributed by atoms with E-state index >= 15 is 0 Å². The van der Waals surface area contributed by atoms with Gasteiger partial charge < -0.3 is 30.3 Å². The fourth-order valence-electron chi connectivity index (χ4n) is 8.97. The first-order valence-electron chi connectivity index (χ1n) is 22.0. The maximum absolute atomic E-state index is 13.6. The Morgan fingerprint density at radius 2 is 1.61 bits per heavy atom. The lowest BCUT2D eigenvalue weighted by molar-refractivity contribution is 0.0123. The number of pyridine rings is 2. The van der Waals surface area contributed by atoms with E-state index in [1.54, 1.807) is 18.2 Å². The number of ether oxygens (including phenoxy) is 2. The molecular formula is C48H59N9O5. The number of carbonyl (C=O) groups is 3. The van der Waals surface area contributed by atoms with Crippen LogP contribution in [-0.4, -0.2) is 97.5 Å². The highest BCUT2D eigenvalue weighted by atomic mass is 16.6. The molecule has 3 aromatic heterocycles. The van der Waals surface area contributed by atoms with Gasteiger partial charge in [-0.2, -0.15) is 5.10 Å². The third-order valence-corrected chi connectivity index (χ3v) is 12.2. The number of anilines is 1. The molecule has 5 aromatic rings. The molecule has 326 valence electrons. The van der Waals surface area contributed by atoms with E-state index in [0.29, 0.717) is 45.3 Å². The minimum Gasteiger partial charge on any atom is -0.444 e. The molecule has 0 spiro atoms. The minimum absolute atomic E-state index is 0.155. The molecule has 3 aliphatic heterocycles. The van der Waals surface area contributed by atoms with E-state index in [-0.39, 0.29) is 47.9 Å². The fraction of sp³-hybridized carbons (Fsp3) is 0.458. The second kappa shape index (κ2) is 18.2. The Morgan fingerprint density at radius 1 is 0.871 bits per heavy atom. The Hall–Kier alpha value is -5.86. The second-order valence-corrected chi connectivity index (χ2v) is 17.7. The van der Waals surface area contributed by atoms with Crippen molar-refractivity contribution in [3.63, 3.8) is 0 Å². The summed E-state index contributed by atoms with van der Waals surface area (Å²) < 4.78 is 13.2. The lowest BCUT2D eigenvalue weighted by atomic mass is 9.96. The summed E-state index contributed by atoms with van der Waals surface area (Å²) in [6.07, 6.45) is 5.05. The molecule has 0 aliphatic carbocycles. The van der Waals surface area contributed by atoms with Gasteiger partial charge in [0.25, 0.3) is 11.8 Å². The first kappa shape index (κ1) is 42.8. The van der Waals surface area contributed by atoms with Gasteiger partial charge in [0.2, 0.25) is 0 Å². The number of carbonyl (C=O) groups excluding carboxylic acids is 3. The Kier molecular flexibility index (Phi) is 12.6. The molecule has 6 heterocycles. The van der Waals surface area contributed by atoms with Gasteiger partial charge in [0.05, 0.1) is 17.3 Å². The summed E-state index contributed by atoms with van der Waals surface area (Å²) in [7, 11) is 0. The van der Waals surface area contributed by atoms with E-state index in [9.17, 15) is 14.4 Å². The third-order valence-electron chi connectivity index (χ3n) is 12.2. The maximum atomic E-state index is 13.6. The van der Waals surface area contributed by atoms with Gasteiger partial charge in [-0.15, -0.1) is 0 Å². The van der Waals surface area contributed by atoms with E-state index in [4.69, 9.17) is 14.5 Å². The highest BCUT2D eigenvalue weighted by Crippen LogP contribution is 2.35. The van der Waals surface area contributed by atoms with Gasteiger partial charge in [-0.3, -0.25) is 14.5 Å². The molecule has 8 rings (SSSR count). The standard InChI is InChI=1S/C48H59N9O5/c1-7-40-38(43(52-34-17-19-61-20-18-34)39-26-51-57(8-2)44(39)54-40)25-50-46(59)42-14-10-13-41(53-42)45(58)49-24-31-16-15-30(3)37(22-31)33-12-9-11-32(21-33)27-55-28-36-23-35(55)29-56(36)47(60)62-48(4,5)6/h9-16,21-22,26,34-36H,7-8,17-20,23-25,27-29H2,1-6H3,(H,49,58)(H,50,59)(H,52,54)/t35-,36-/m0/s1. The first-order valence-corrected chi connectivity index (χ1v) is 22.0.